The molecule has 0 aliphatic carbocycles. The first-order valence-electron chi connectivity index (χ1n) is 3.85. The van der Waals surface area contributed by atoms with Gasteiger partial charge in [-0.15, -0.1) is 0 Å². The topological polar surface area (TPSA) is 27.6 Å². The number of amidine groups is 1. The lowest BCUT2D eigenvalue weighted by atomic mass is 10.2. The summed E-state index contributed by atoms with van der Waals surface area (Å²) < 4.78 is 0. The van der Waals surface area contributed by atoms with Gasteiger partial charge in [0.2, 0.25) is 0 Å². The number of nitrogens with one attached hydrogen (secondary N) is 1. The van der Waals surface area contributed by atoms with Crippen LogP contribution in [0, 0.1) is 0 Å². The first-order chi connectivity index (χ1) is 4.84. The quantitative estimate of drug-likeness (QED) is 0.634. The van der Waals surface area contributed by atoms with Crippen LogP contribution in [0.15, 0.2) is 5.10 Å². The highest BCUT2D eigenvalue weighted by molar-refractivity contribution is 5.82. The maximum Gasteiger partial charge on any atom is 0.126 e. The van der Waals surface area contributed by atoms with Crippen molar-refractivity contribution in [2.75, 3.05) is 13.7 Å². The molecule has 0 aromatic rings. The van der Waals surface area contributed by atoms with Crippen LogP contribution in [0.25, 0.3) is 0 Å². The Bertz CT molecular complexity index is 131. The third kappa shape index (κ3) is 1.62. The van der Waals surface area contributed by atoms with E-state index in [-0.39, 0.29) is 0 Å². The van der Waals surface area contributed by atoms with E-state index in [9.17, 15) is 0 Å². The largest absolute Gasteiger partial charge is 0.343 e. The standard InChI is InChI=1S/C7H15N3/c1-3-4-5-7-9-8-6-10(7)2/h8H,3-6H2,1-2H3. The molecule has 0 saturated carbocycles. The van der Waals surface area contributed by atoms with Crippen molar-refractivity contribution >= 4 is 5.84 Å². The average Bonchev–Trinajstić information content (AvgIpc) is 2.31. The summed E-state index contributed by atoms with van der Waals surface area (Å²) in [5.74, 6) is 1.20. The minimum atomic E-state index is 0.874. The van der Waals surface area contributed by atoms with Crippen molar-refractivity contribution in [2.45, 2.75) is 26.2 Å². The maximum atomic E-state index is 4.15. The van der Waals surface area contributed by atoms with Gasteiger partial charge in [0.1, 0.15) is 12.5 Å². The fourth-order valence-electron chi connectivity index (χ4n) is 0.991. The molecule has 3 heteroatoms. The number of nitrogens with zero attached hydrogens (tertiary/aromatic N) is 2. The maximum absolute atomic E-state index is 4.15. The lowest BCUT2D eigenvalue weighted by molar-refractivity contribution is 0.497. The van der Waals surface area contributed by atoms with Gasteiger partial charge in [0.15, 0.2) is 0 Å². The van der Waals surface area contributed by atoms with Gasteiger partial charge < -0.3 is 4.90 Å². The number of hydrazone groups is 1. The van der Waals surface area contributed by atoms with E-state index < -0.39 is 0 Å². The Balaban J connectivity index is 2.26. The zero-order valence-corrected chi connectivity index (χ0v) is 6.72. The van der Waals surface area contributed by atoms with Gasteiger partial charge in [-0.2, -0.15) is 5.10 Å². The van der Waals surface area contributed by atoms with Crippen LogP contribution in [0.1, 0.15) is 26.2 Å². The van der Waals surface area contributed by atoms with Gasteiger partial charge in [0.25, 0.3) is 0 Å². The van der Waals surface area contributed by atoms with Crippen LogP contribution in [0.2, 0.25) is 0 Å². The van der Waals surface area contributed by atoms with E-state index in [2.05, 4.69) is 29.4 Å². The van der Waals surface area contributed by atoms with E-state index in [0.717, 1.165) is 13.1 Å². The molecule has 0 fully saturated rings. The average molecular weight is 141 g/mol. The lowest BCUT2D eigenvalue weighted by Gasteiger charge is -2.10. The van der Waals surface area contributed by atoms with Gasteiger partial charge >= 0.3 is 0 Å². The fraction of sp³-hybridized carbons (Fsp3) is 0.857. The minimum absolute atomic E-state index is 0.874. The molecule has 0 amide bonds. The molecule has 0 spiro atoms. The van der Waals surface area contributed by atoms with Crippen LogP contribution in [0.3, 0.4) is 0 Å². The number of hydrogen-bond donors (Lipinski definition) is 1. The molecular weight excluding hydrogens is 126 g/mol. The molecular formula is C7H15N3. The highest BCUT2D eigenvalue weighted by Crippen LogP contribution is 2.02. The van der Waals surface area contributed by atoms with Crippen LogP contribution < -0.4 is 5.43 Å². The summed E-state index contributed by atoms with van der Waals surface area (Å²) in [6.45, 7) is 3.07. The van der Waals surface area contributed by atoms with E-state index in [1.165, 1.54) is 18.7 Å². The SMILES string of the molecule is CCCCC1=NNCN1C. The van der Waals surface area contributed by atoms with Gasteiger partial charge in [-0.25, -0.2) is 0 Å². The molecule has 1 rings (SSSR count). The van der Waals surface area contributed by atoms with Gasteiger partial charge in [-0.3, -0.25) is 5.43 Å². The van der Waals surface area contributed by atoms with E-state index in [1.807, 2.05) is 0 Å². The zero-order valence-electron chi connectivity index (χ0n) is 6.72. The van der Waals surface area contributed by atoms with Crippen LogP contribution in [0.4, 0.5) is 0 Å². The first-order valence-corrected chi connectivity index (χ1v) is 3.85. The number of rotatable bonds is 3. The molecule has 0 radical (unpaired) electrons. The fourth-order valence-corrected chi connectivity index (χ4v) is 0.991. The van der Waals surface area contributed by atoms with Crippen molar-refractivity contribution in [1.82, 2.24) is 10.3 Å². The molecule has 0 aromatic carbocycles. The lowest BCUT2D eigenvalue weighted by Crippen LogP contribution is -2.24. The Morgan fingerprint density at radius 3 is 3.00 bits per heavy atom. The molecule has 0 aromatic heterocycles. The van der Waals surface area contributed by atoms with Gasteiger partial charge in [0.05, 0.1) is 0 Å². The molecule has 3 nitrogen and oxygen atoms in total. The van der Waals surface area contributed by atoms with Crippen LogP contribution >= 0.6 is 0 Å². The van der Waals surface area contributed by atoms with Crippen molar-refractivity contribution in [1.29, 1.82) is 0 Å². The second kappa shape index (κ2) is 3.44. The Kier molecular flexibility index (Phi) is 2.54. The zero-order chi connectivity index (χ0) is 7.40. The van der Waals surface area contributed by atoms with E-state index in [0.29, 0.717) is 0 Å². The van der Waals surface area contributed by atoms with Crippen molar-refractivity contribution in [3.63, 3.8) is 0 Å². The van der Waals surface area contributed by atoms with E-state index in [1.54, 1.807) is 0 Å². The number of hydrogen-bond acceptors (Lipinski definition) is 3. The second-order valence-electron chi connectivity index (χ2n) is 2.65. The molecule has 1 aliphatic heterocycles. The monoisotopic (exact) mass is 141 g/mol. The highest BCUT2D eigenvalue weighted by Gasteiger charge is 2.09. The van der Waals surface area contributed by atoms with Gasteiger partial charge in [0, 0.05) is 13.5 Å². The minimum Gasteiger partial charge on any atom is -0.343 e. The predicted octanol–water partition coefficient (Wildman–Crippen LogP) is 0.983. The molecule has 0 bridgehead atoms. The Hall–Kier alpha value is -0.730. The van der Waals surface area contributed by atoms with Crippen LogP contribution in [-0.4, -0.2) is 24.5 Å². The molecule has 0 unspecified atom stereocenters. The third-order valence-electron chi connectivity index (χ3n) is 1.71. The second-order valence-corrected chi connectivity index (χ2v) is 2.65. The molecule has 10 heavy (non-hydrogen) atoms. The predicted molar refractivity (Wildman–Crippen MR) is 42.7 cm³/mol. The van der Waals surface area contributed by atoms with E-state index in [4.69, 9.17) is 0 Å². The molecule has 1 aliphatic rings. The van der Waals surface area contributed by atoms with Gasteiger partial charge in [-0.1, -0.05) is 13.3 Å². The summed E-state index contributed by atoms with van der Waals surface area (Å²) in [4.78, 5) is 2.15. The van der Waals surface area contributed by atoms with Crippen molar-refractivity contribution < 1.29 is 0 Å². The summed E-state index contributed by atoms with van der Waals surface area (Å²) in [6, 6.07) is 0. The summed E-state index contributed by atoms with van der Waals surface area (Å²) in [5.41, 5.74) is 2.94. The van der Waals surface area contributed by atoms with Gasteiger partial charge in [-0.05, 0) is 6.42 Å². The highest BCUT2D eigenvalue weighted by atomic mass is 15.5. The van der Waals surface area contributed by atoms with Crippen molar-refractivity contribution in [2.24, 2.45) is 5.10 Å². The molecule has 1 heterocycles. The van der Waals surface area contributed by atoms with Crippen LogP contribution in [-0.2, 0) is 0 Å². The summed E-state index contributed by atoms with van der Waals surface area (Å²) >= 11 is 0. The molecule has 0 saturated heterocycles. The van der Waals surface area contributed by atoms with E-state index >= 15 is 0 Å². The third-order valence-corrected chi connectivity index (χ3v) is 1.71. The summed E-state index contributed by atoms with van der Waals surface area (Å²) in [5, 5.41) is 4.15. The molecule has 0 atom stereocenters. The molecule has 1 N–H and O–H groups in total. The number of unbranched alkanes of at least 4 members (excludes halogenated alkanes) is 1. The Labute approximate surface area is 62.1 Å². The summed E-state index contributed by atoms with van der Waals surface area (Å²) in [7, 11) is 2.06. The van der Waals surface area contributed by atoms with Crippen molar-refractivity contribution in [3.8, 4) is 0 Å². The smallest absolute Gasteiger partial charge is 0.126 e. The first kappa shape index (κ1) is 7.38. The van der Waals surface area contributed by atoms with Crippen molar-refractivity contribution in [3.05, 3.63) is 0 Å². The normalized spacial score (nSPS) is 17.0. The summed E-state index contributed by atoms with van der Waals surface area (Å²) in [6.07, 6.45) is 3.59. The van der Waals surface area contributed by atoms with Crippen LogP contribution in [0.5, 0.6) is 0 Å². The Morgan fingerprint density at radius 1 is 1.70 bits per heavy atom. The molecule has 58 valence electrons. The Morgan fingerprint density at radius 2 is 2.50 bits per heavy atom.